The number of primary amides is 1. The van der Waals surface area contributed by atoms with Crippen LogP contribution in [0.25, 0.3) is 0 Å². The lowest BCUT2D eigenvalue weighted by Gasteiger charge is -2.26. The Morgan fingerprint density at radius 3 is 1.87 bits per heavy atom. The first-order chi connectivity index (χ1) is 14.3. The topological polar surface area (TPSA) is 271 Å². The maximum absolute atomic E-state index is 12.5. The van der Waals surface area contributed by atoms with Gasteiger partial charge in [-0.3, -0.25) is 24.0 Å². The largest absolute Gasteiger partial charge is 0.481 e. The van der Waals surface area contributed by atoms with Crippen LogP contribution in [-0.2, 0) is 28.8 Å². The van der Waals surface area contributed by atoms with Crippen molar-refractivity contribution in [1.29, 1.82) is 0 Å². The molecule has 4 amide bonds. The molecule has 0 rings (SSSR count). The van der Waals surface area contributed by atoms with E-state index in [0.717, 1.165) is 6.92 Å². The molecule has 176 valence electrons. The number of aliphatic carboxylic acids is 2. The molecular formula is C16H27N5O10. The van der Waals surface area contributed by atoms with Crippen LogP contribution in [0.2, 0.25) is 0 Å². The van der Waals surface area contributed by atoms with E-state index >= 15 is 0 Å². The van der Waals surface area contributed by atoms with Crippen molar-refractivity contribution in [3.05, 3.63) is 0 Å². The van der Waals surface area contributed by atoms with Crippen LogP contribution in [0.15, 0.2) is 0 Å². The SMILES string of the molecule is CC(O)C(NC(=O)C(N)CO)C(=O)NC(CCC(N)=O)C(=O)NC(CC(=O)O)C(=O)O. The van der Waals surface area contributed by atoms with Gasteiger partial charge in [-0.1, -0.05) is 0 Å². The van der Waals surface area contributed by atoms with Crippen LogP contribution in [-0.4, -0.2) is 92.9 Å². The smallest absolute Gasteiger partial charge is 0.326 e. The second kappa shape index (κ2) is 13.1. The number of aliphatic hydroxyl groups is 2. The molecule has 0 bridgehead atoms. The van der Waals surface area contributed by atoms with Crippen molar-refractivity contribution in [3.63, 3.8) is 0 Å². The van der Waals surface area contributed by atoms with E-state index in [1.54, 1.807) is 0 Å². The van der Waals surface area contributed by atoms with Crippen LogP contribution >= 0.6 is 0 Å². The van der Waals surface area contributed by atoms with Gasteiger partial charge in [-0.05, 0) is 13.3 Å². The highest BCUT2D eigenvalue weighted by atomic mass is 16.4. The maximum atomic E-state index is 12.5. The van der Waals surface area contributed by atoms with Gasteiger partial charge in [-0.2, -0.15) is 0 Å². The Hall–Kier alpha value is -3.30. The monoisotopic (exact) mass is 449 g/mol. The van der Waals surface area contributed by atoms with Crippen LogP contribution in [0, 0.1) is 0 Å². The zero-order valence-corrected chi connectivity index (χ0v) is 16.6. The van der Waals surface area contributed by atoms with E-state index in [1.165, 1.54) is 0 Å². The lowest BCUT2D eigenvalue weighted by Crippen LogP contribution is -2.60. The van der Waals surface area contributed by atoms with Gasteiger partial charge in [0.15, 0.2) is 0 Å². The number of carboxylic acids is 2. The van der Waals surface area contributed by atoms with Gasteiger partial charge in [0.25, 0.3) is 0 Å². The van der Waals surface area contributed by atoms with Crippen molar-refractivity contribution in [3.8, 4) is 0 Å². The number of carbonyl (C=O) groups is 6. The minimum absolute atomic E-state index is 0.386. The third-order valence-electron chi connectivity index (χ3n) is 3.90. The summed E-state index contributed by atoms with van der Waals surface area (Å²) in [6, 6.07) is -6.40. The number of rotatable bonds is 14. The van der Waals surface area contributed by atoms with Gasteiger partial charge in [0, 0.05) is 6.42 Å². The van der Waals surface area contributed by atoms with E-state index in [9.17, 15) is 33.9 Å². The molecule has 0 aliphatic carbocycles. The first-order valence-electron chi connectivity index (χ1n) is 8.98. The third kappa shape index (κ3) is 10.3. The number of hydrogen-bond donors (Lipinski definition) is 9. The summed E-state index contributed by atoms with van der Waals surface area (Å²) in [5, 5.41) is 42.6. The first kappa shape index (κ1) is 27.7. The van der Waals surface area contributed by atoms with Gasteiger partial charge in [-0.25, -0.2) is 4.79 Å². The summed E-state index contributed by atoms with van der Waals surface area (Å²) in [6.45, 7) is 0.393. The molecule has 15 heteroatoms. The Kier molecular flexibility index (Phi) is 11.7. The third-order valence-corrected chi connectivity index (χ3v) is 3.90. The fraction of sp³-hybridized carbons (Fsp3) is 0.625. The summed E-state index contributed by atoms with van der Waals surface area (Å²) in [4.78, 5) is 69.7. The molecule has 0 spiro atoms. The molecule has 5 unspecified atom stereocenters. The Labute approximate surface area is 176 Å². The molecule has 15 nitrogen and oxygen atoms in total. The van der Waals surface area contributed by atoms with Crippen LogP contribution in [0.3, 0.4) is 0 Å². The summed E-state index contributed by atoms with van der Waals surface area (Å²) >= 11 is 0. The van der Waals surface area contributed by atoms with Crippen molar-refractivity contribution >= 4 is 35.6 Å². The molecular weight excluding hydrogens is 422 g/mol. The summed E-state index contributed by atoms with van der Waals surface area (Å²) in [5.74, 6) is -7.21. The highest BCUT2D eigenvalue weighted by Crippen LogP contribution is 2.03. The van der Waals surface area contributed by atoms with E-state index in [0.29, 0.717) is 0 Å². The predicted octanol–water partition coefficient (Wildman–Crippen LogP) is -5.03. The quantitative estimate of drug-likeness (QED) is 0.121. The molecule has 5 atom stereocenters. The Morgan fingerprint density at radius 1 is 0.903 bits per heavy atom. The zero-order valence-electron chi connectivity index (χ0n) is 16.6. The van der Waals surface area contributed by atoms with E-state index in [-0.39, 0.29) is 6.42 Å². The number of aliphatic hydroxyl groups excluding tert-OH is 2. The lowest BCUT2D eigenvalue weighted by atomic mass is 10.1. The minimum Gasteiger partial charge on any atom is -0.481 e. The molecule has 0 radical (unpaired) electrons. The normalized spacial score (nSPS) is 15.5. The number of nitrogens with one attached hydrogen (secondary N) is 3. The molecule has 0 aromatic heterocycles. The van der Waals surface area contributed by atoms with E-state index in [2.05, 4.69) is 10.6 Å². The molecule has 0 saturated carbocycles. The maximum Gasteiger partial charge on any atom is 0.326 e. The average Bonchev–Trinajstić information content (AvgIpc) is 2.66. The van der Waals surface area contributed by atoms with Crippen molar-refractivity contribution in [2.75, 3.05) is 6.61 Å². The standard InChI is InChI=1S/C16H27N5O10/c1-6(23)12(21-13(27)7(17)5-22)15(29)19-8(2-3-10(18)24)14(28)20-9(16(30)31)4-11(25)26/h6-9,12,22-23H,2-5,17H2,1H3,(H2,18,24)(H,19,29)(H,20,28)(H,21,27)(H,25,26)(H,30,31). The van der Waals surface area contributed by atoms with E-state index < -0.39 is 85.3 Å². The van der Waals surface area contributed by atoms with Crippen molar-refractivity contribution < 1.29 is 49.2 Å². The molecule has 0 heterocycles. The first-order valence-corrected chi connectivity index (χ1v) is 8.98. The minimum atomic E-state index is -1.83. The highest BCUT2D eigenvalue weighted by molar-refractivity contribution is 5.95. The fourth-order valence-corrected chi connectivity index (χ4v) is 2.21. The summed E-state index contributed by atoms with van der Waals surface area (Å²) < 4.78 is 0. The molecule has 0 aromatic rings. The van der Waals surface area contributed by atoms with Gasteiger partial charge in [-0.15, -0.1) is 0 Å². The molecule has 0 aliphatic heterocycles. The molecule has 0 aliphatic rings. The van der Waals surface area contributed by atoms with Gasteiger partial charge < -0.3 is 47.8 Å². The molecule has 11 N–H and O–H groups in total. The Balaban J connectivity index is 5.50. The van der Waals surface area contributed by atoms with E-state index in [1.807, 2.05) is 5.32 Å². The molecule has 0 saturated heterocycles. The molecule has 0 aromatic carbocycles. The fourth-order valence-electron chi connectivity index (χ4n) is 2.21. The van der Waals surface area contributed by atoms with Crippen molar-refractivity contribution in [1.82, 2.24) is 16.0 Å². The van der Waals surface area contributed by atoms with Crippen LogP contribution in [0.4, 0.5) is 0 Å². The van der Waals surface area contributed by atoms with Gasteiger partial charge in [0.2, 0.25) is 23.6 Å². The number of amides is 4. The Morgan fingerprint density at radius 2 is 1.45 bits per heavy atom. The Bertz CT molecular complexity index is 698. The molecule has 0 fully saturated rings. The van der Waals surface area contributed by atoms with Gasteiger partial charge >= 0.3 is 11.9 Å². The summed E-state index contributed by atoms with van der Waals surface area (Å²) in [7, 11) is 0. The van der Waals surface area contributed by atoms with E-state index in [4.69, 9.17) is 26.8 Å². The summed E-state index contributed by atoms with van der Waals surface area (Å²) in [6.07, 6.45) is -3.23. The van der Waals surface area contributed by atoms with Crippen molar-refractivity contribution in [2.45, 2.75) is 56.5 Å². The average molecular weight is 449 g/mol. The second-order valence-corrected chi connectivity index (χ2v) is 6.58. The number of carboxylic acid groups (broad SMARTS) is 2. The number of carbonyl (C=O) groups excluding carboxylic acids is 4. The zero-order chi connectivity index (χ0) is 24.3. The lowest BCUT2D eigenvalue weighted by molar-refractivity contribution is -0.147. The second-order valence-electron chi connectivity index (χ2n) is 6.58. The van der Waals surface area contributed by atoms with Gasteiger partial charge in [0.1, 0.15) is 24.2 Å². The van der Waals surface area contributed by atoms with Crippen molar-refractivity contribution in [2.24, 2.45) is 11.5 Å². The predicted molar refractivity (Wildman–Crippen MR) is 101 cm³/mol. The molecule has 31 heavy (non-hydrogen) atoms. The summed E-state index contributed by atoms with van der Waals surface area (Å²) in [5.41, 5.74) is 10.3. The highest BCUT2D eigenvalue weighted by Gasteiger charge is 2.32. The van der Waals surface area contributed by atoms with Crippen LogP contribution in [0.5, 0.6) is 0 Å². The van der Waals surface area contributed by atoms with Crippen LogP contribution in [0.1, 0.15) is 26.2 Å². The number of nitrogens with two attached hydrogens (primary N) is 2. The van der Waals surface area contributed by atoms with Gasteiger partial charge in [0.05, 0.1) is 19.1 Å². The number of hydrogen-bond acceptors (Lipinski definition) is 9. The van der Waals surface area contributed by atoms with Crippen LogP contribution < -0.4 is 27.4 Å².